The molecule has 0 saturated carbocycles. The molecule has 1 N–H and O–H groups in total. The Morgan fingerprint density at radius 3 is 2.54 bits per heavy atom. The van der Waals surface area contributed by atoms with E-state index < -0.39 is 9.84 Å². The molecule has 1 aliphatic rings. The van der Waals surface area contributed by atoms with E-state index in [2.05, 4.69) is 37.3 Å². The fourth-order valence-corrected chi connectivity index (χ4v) is 5.18. The summed E-state index contributed by atoms with van der Waals surface area (Å²) < 4.78 is 31.4. The number of aromatic nitrogens is 2. The Kier molecular flexibility index (Phi) is 4.71. The lowest BCUT2D eigenvalue weighted by atomic mass is 9.93. The van der Waals surface area contributed by atoms with E-state index in [1.807, 2.05) is 25.5 Å². The van der Waals surface area contributed by atoms with Crippen LogP contribution in [-0.2, 0) is 21.8 Å². The van der Waals surface area contributed by atoms with E-state index in [-0.39, 0.29) is 23.0 Å². The first-order valence-electron chi connectivity index (χ1n) is 9.08. The maximum atomic E-state index is 11.8. The van der Waals surface area contributed by atoms with Crippen LogP contribution in [0.15, 0.2) is 10.5 Å². The summed E-state index contributed by atoms with van der Waals surface area (Å²) in [5.74, 6) is 2.34. The van der Waals surface area contributed by atoms with Crippen LogP contribution in [0, 0.1) is 20.8 Å². The van der Waals surface area contributed by atoms with Crippen molar-refractivity contribution < 1.29 is 12.8 Å². The minimum atomic E-state index is -2.93. The van der Waals surface area contributed by atoms with Crippen LogP contribution < -0.4 is 5.32 Å². The molecule has 6 nitrogen and oxygen atoms in total. The van der Waals surface area contributed by atoms with Crippen LogP contribution in [0.5, 0.6) is 0 Å². The second-order valence-electron chi connectivity index (χ2n) is 8.34. The molecule has 3 rings (SSSR count). The number of hydrogen-bond acceptors (Lipinski definition) is 5. The van der Waals surface area contributed by atoms with Crippen molar-refractivity contribution in [3.05, 3.63) is 34.5 Å². The zero-order valence-corrected chi connectivity index (χ0v) is 17.3. The lowest BCUT2D eigenvalue weighted by Crippen LogP contribution is -2.14. The third kappa shape index (κ3) is 3.68. The SMILES string of the molecule is Cc1nn(C2CCS(=O)(=O)C2)c(C)c1NCc1cc(C(C)(C)C)oc1C. The number of anilines is 1. The molecule has 2 aromatic heterocycles. The minimum Gasteiger partial charge on any atom is -0.465 e. The predicted octanol–water partition coefficient (Wildman–Crippen LogP) is 3.67. The first-order valence-corrected chi connectivity index (χ1v) is 10.9. The molecule has 1 atom stereocenters. The lowest BCUT2D eigenvalue weighted by Gasteiger charge is -2.13. The summed E-state index contributed by atoms with van der Waals surface area (Å²) in [5.41, 5.74) is 3.97. The molecule has 1 aliphatic heterocycles. The molecule has 0 radical (unpaired) electrons. The van der Waals surface area contributed by atoms with Crippen molar-refractivity contribution in [3.8, 4) is 0 Å². The number of nitrogens with one attached hydrogen (secondary N) is 1. The fourth-order valence-electron chi connectivity index (χ4n) is 3.49. The Labute approximate surface area is 155 Å². The topological polar surface area (TPSA) is 77.1 Å². The molecular formula is C19H29N3O3S. The second-order valence-corrected chi connectivity index (χ2v) is 10.6. The summed E-state index contributed by atoms with van der Waals surface area (Å²) in [4.78, 5) is 0. The summed E-state index contributed by atoms with van der Waals surface area (Å²) in [7, 11) is -2.93. The number of hydrogen-bond donors (Lipinski definition) is 1. The minimum absolute atomic E-state index is 0.0201. The zero-order valence-electron chi connectivity index (χ0n) is 16.5. The normalized spacial score (nSPS) is 19.8. The van der Waals surface area contributed by atoms with Gasteiger partial charge in [-0.15, -0.1) is 0 Å². The van der Waals surface area contributed by atoms with Crippen LogP contribution in [0.2, 0.25) is 0 Å². The Balaban J connectivity index is 1.78. The average molecular weight is 380 g/mol. The molecule has 0 aliphatic carbocycles. The molecule has 1 fully saturated rings. The Morgan fingerprint density at radius 1 is 1.31 bits per heavy atom. The molecule has 0 amide bonds. The monoisotopic (exact) mass is 379 g/mol. The number of nitrogens with zero attached hydrogens (tertiary/aromatic N) is 2. The second kappa shape index (κ2) is 6.44. The van der Waals surface area contributed by atoms with Gasteiger partial charge < -0.3 is 9.73 Å². The van der Waals surface area contributed by atoms with E-state index >= 15 is 0 Å². The number of furan rings is 1. The van der Waals surface area contributed by atoms with E-state index in [0.29, 0.717) is 13.0 Å². The lowest BCUT2D eigenvalue weighted by molar-refractivity contribution is 0.395. The van der Waals surface area contributed by atoms with Crippen molar-refractivity contribution in [2.45, 2.75) is 66.0 Å². The van der Waals surface area contributed by atoms with Gasteiger partial charge in [-0.3, -0.25) is 4.68 Å². The number of sulfone groups is 1. The Morgan fingerprint density at radius 2 is 2.00 bits per heavy atom. The molecule has 2 aromatic rings. The van der Waals surface area contributed by atoms with E-state index in [9.17, 15) is 8.42 Å². The highest BCUT2D eigenvalue weighted by atomic mass is 32.2. The standard InChI is InChI=1S/C19H29N3O3S/c1-12-18(13(2)22(21-12)16-7-8-26(23,24)11-16)20-10-15-9-17(19(4,5)6)25-14(15)3/h9,16,20H,7-8,10-11H2,1-6H3. The highest BCUT2D eigenvalue weighted by molar-refractivity contribution is 7.91. The van der Waals surface area contributed by atoms with Gasteiger partial charge in [-0.1, -0.05) is 20.8 Å². The molecule has 7 heteroatoms. The molecule has 0 bridgehead atoms. The van der Waals surface area contributed by atoms with Gasteiger partial charge in [0.2, 0.25) is 0 Å². The van der Waals surface area contributed by atoms with Crippen molar-refractivity contribution >= 4 is 15.5 Å². The van der Waals surface area contributed by atoms with Gasteiger partial charge >= 0.3 is 0 Å². The quantitative estimate of drug-likeness (QED) is 0.877. The van der Waals surface area contributed by atoms with Crippen LogP contribution in [0.4, 0.5) is 5.69 Å². The van der Waals surface area contributed by atoms with Crippen LogP contribution in [0.1, 0.15) is 61.7 Å². The highest BCUT2D eigenvalue weighted by Crippen LogP contribution is 2.31. The van der Waals surface area contributed by atoms with Crippen molar-refractivity contribution in [1.82, 2.24) is 9.78 Å². The van der Waals surface area contributed by atoms with E-state index in [0.717, 1.165) is 34.2 Å². The van der Waals surface area contributed by atoms with Crippen molar-refractivity contribution in [3.63, 3.8) is 0 Å². The predicted molar refractivity (Wildman–Crippen MR) is 103 cm³/mol. The molecule has 0 aromatic carbocycles. The van der Waals surface area contributed by atoms with Crippen LogP contribution in [-0.4, -0.2) is 29.7 Å². The van der Waals surface area contributed by atoms with Crippen LogP contribution in [0.3, 0.4) is 0 Å². The van der Waals surface area contributed by atoms with Gasteiger partial charge in [0.05, 0.1) is 34.6 Å². The van der Waals surface area contributed by atoms with Gasteiger partial charge in [0.1, 0.15) is 11.5 Å². The fraction of sp³-hybridized carbons (Fsp3) is 0.632. The Bertz CT molecular complexity index is 917. The summed E-state index contributed by atoms with van der Waals surface area (Å²) in [6, 6.07) is 2.05. The number of aryl methyl sites for hydroxylation is 2. The summed E-state index contributed by atoms with van der Waals surface area (Å²) in [6.45, 7) is 13.0. The van der Waals surface area contributed by atoms with Gasteiger partial charge in [0.25, 0.3) is 0 Å². The van der Waals surface area contributed by atoms with Gasteiger partial charge in [0, 0.05) is 17.5 Å². The Hall–Kier alpha value is -1.76. The van der Waals surface area contributed by atoms with Gasteiger partial charge in [-0.25, -0.2) is 8.42 Å². The third-order valence-corrected chi connectivity index (χ3v) is 6.85. The molecule has 0 spiro atoms. The molecular weight excluding hydrogens is 350 g/mol. The van der Waals surface area contributed by atoms with Gasteiger partial charge in [0.15, 0.2) is 9.84 Å². The zero-order chi connectivity index (χ0) is 19.3. The first-order chi connectivity index (χ1) is 12.0. The summed E-state index contributed by atoms with van der Waals surface area (Å²) in [6.07, 6.45) is 0.638. The van der Waals surface area contributed by atoms with E-state index in [1.54, 1.807) is 0 Å². The first kappa shape index (κ1) is 19.0. The maximum Gasteiger partial charge on any atom is 0.152 e. The van der Waals surface area contributed by atoms with Crippen molar-refractivity contribution in [2.75, 3.05) is 16.8 Å². The molecule has 1 saturated heterocycles. The molecule has 3 heterocycles. The van der Waals surface area contributed by atoms with Crippen molar-refractivity contribution in [2.24, 2.45) is 0 Å². The summed E-state index contributed by atoms with van der Waals surface area (Å²) >= 11 is 0. The third-order valence-electron chi connectivity index (χ3n) is 5.09. The number of rotatable bonds is 4. The average Bonchev–Trinajstić information content (AvgIpc) is 3.14. The van der Waals surface area contributed by atoms with Crippen LogP contribution in [0.25, 0.3) is 0 Å². The van der Waals surface area contributed by atoms with Gasteiger partial charge in [-0.05, 0) is 33.3 Å². The van der Waals surface area contributed by atoms with Crippen molar-refractivity contribution in [1.29, 1.82) is 0 Å². The molecule has 26 heavy (non-hydrogen) atoms. The van der Waals surface area contributed by atoms with E-state index in [4.69, 9.17) is 4.42 Å². The van der Waals surface area contributed by atoms with Crippen LogP contribution >= 0.6 is 0 Å². The van der Waals surface area contributed by atoms with Gasteiger partial charge in [-0.2, -0.15) is 5.10 Å². The molecule has 144 valence electrons. The van der Waals surface area contributed by atoms with E-state index in [1.165, 1.54) is 0 Å². The smallest absolute Gasteiger partial charge is 0.152 e. The highest BCUT2D eigenvalue weighted by Gasteiger charge is 2.31. The molecule has 1 unspecified atom stereocenters. The summed E-state index contributed by atoms with van der Waals surface area (Å²) in [5, 5.41) is 8.08. The maximum absolute atomic E-state index is 11.8. The largest absolute Gasteiger partial charge is 0.465 e.